The highest BCUT2D eigenvalue weighted by Crippen LogP contribution is 2.36. The van der Waals surface area contributed by atoms with E-state index in [4.69, 9.17) is 34.8 Å². The molecule has 0 atom stereocenters. The van der Waals surface area contributed by atoms with Crippen LogP contribution in [0.5, 0.6) is 0 Å². The van der Waals surface area contributed by atoms with Crippen molar-refractivity contribution < 1.29 is 31.3 Å². The van der Waals surface area contributed by atoms with E-state index in [1.165, 1.54) is 0 Å². The number of carbonyl (C=O) groups is 1. The predicted octanol–water partition coefficient (Wildman–Crippen LogP) is 6.00. The van der Waals surface area contributed by atoms with Crippen LogP contribution in [-0.4, -0.2) is 24.1 Å². The van der Waals surface area contributed by atoms with Crippen LogP contribution in [0, 0.1) is 10.1 Å². The van der Waals surface area contributed by atoms with Crippen molar-refractivity contribution in [1.29, 1.82) is 0 Å². The van der Waals surface area contributed by atoms with Crippen LogP contribution in [-0.2, 0) is 16.2 Å². The largest absolute Gasteiger partial charge is 0.417 e. The van der Waals surface area contributed by atoms with Gasteiger partial charge in [-0.3, -0.25) is 19.6 Å². The number of aromatic nitrogens is 1. The van der Waals surface area contributed by atoms with Gasteiger partial charge in [0, 0.05) is 23.9 Å². The maximum absolute atomic E-state index is 13.1. The average molecular weight is 555 g/mol. The number of rotatable bonds is 6. The van der Waals surface area contributed by atoms with Crippen LogP contribution in [0.3, 0.4) is 0 Å². The highest BCUT2D eigenvalue weighted by molar-refractivity contribution is 7.92. The Hall–Kier alpha value is -2.93. The Morgan fingerprint density at radius 1 is 1.03 bits per heavy atom. The zero-order valence-corrected chi connectivity index (χ0v) is 19.3. The predicted molar refractivity (Wildman–Crippen MR) is 118 cm³/mol. The number of nitrogens with zero attached hydrogens (tertiary/aromatic N) is 2. The fraction of sp³-hybridized carbons (Fsp3) is 0.0526. The normalized spacial score (nSPS) is 11.8. The fourth-order valence-electron chi connectivity index (χ4n) is 2.72. The molecule has 0 unspecified atom stereocenters. The number of alkyl halides is 3. The highest BCUT2D eigenvalue weighted by atomic mass is 35.5. The molecule has 0 aliphatic rings. The molecule has 178 valence electrons. The summed E-state index contributed by atoms with van der Waals surface area (Å²) in [6.45, 7) is 0. The van der Waals surface area contributed by atoms with Crippen LogP contribution in [0.15, 0.2) is 53.6 Å². The molecule has 1 N–H and O–H groups in total. The average Bonchev–Trinajstić information content (AvgIpc) is 2.72. The lowest BCUT2D eigenvalue weighted by atomic mass is 10.1. The summed E-state index contributed by atoms with van der Waals surface area (Å²) < 4.78 is 67.0. The molecule has 0 saturated heterocycles. The van der Waals surface area contributed by atoms with Gasteiger partial charge in [0.05, 0.1) is 36.1 Å². The van der Waals surface area contributed by atoms with E-state index in [1.54, 1.807) is 0 Å². The van der Waals surface area contributed by atoms with E-state index >= 15 is 0 Å². The molecule has 0 fully saturated rings. The Balaban J connectivity index is 2.08. The molecule has 0 spiro atoms. The topological polar surface area (TPSA) is 119 Å². The minimum absolute atomic E-state index is 0.119. The summed E-state index contributed by atoms with van der Waals surface area (Å²) in [5, 5.41) is 10.0. The Bertz CT molecular complexity index is 1430. The van der Waals surface area contributed by atoms with Crippen molar-refractivity contribution in [3.63, 3.8) is 0 Å². The third kappa shape index (κ3) is 5.41. The number of benzene rings is 2. The van der Waals surface area contributed by atoms with Gasteiger partial charge in [0.15, 0.2) is 0 Å². The van der Waals surface area contributed by atoms with Crippen LogP contribution < -0.4 is 4.72 Å². The molecular formula is C19H9Cl3F3N3O5S. The number of hydrogen-bond acceptors (Lipinski definition) is 6. The molecule has 15 heteroatoms. The lowest BCUT2D eigenvalue weighted by Crippen LogP contribution is -2.18. The molecule has 0 amide bonds. The molecule has 0 aliphatic heterocycles. The van der Waals surface area contributed by atoms with Crippen molar-refractivity contribution >= 4 is 62.0 Å². The van der Waals surface area contributed by atoms with Gasteiger partial charge >= 0.3 is 6.18 Å². The van der Waals surface area contributed by atoms with E-state index in [0.29, 0.717) is 6.07 Å². The molecular weight excluding hydrogens is 546 g/mol. The first kappa shape index (κ1) is 25.7. The van der Waals surface area contributed by atoms with Crippen LogP contribution in [0.1, 0.15) is 21.6 Å². The van der Waals surface area contributed by atoms with Gasteiger partial charge in [-0.15, -0.1) is 0 Å². The van der Waals surface area contributed by atoms with E-state index in [2.05, 4.69) is 4.98 Å². The highest BCUT2D eigenvalue weighted by Gasteiger charge is 2.35. The molecule has 8 nitrogen and oxygen atoms in total. The SMILES string of the molecule is O=C(c1cc([N+](=O)[O-])ccc1Cl)c1ncc(Cl)cc1NS(=O)(=O)c1ccc(Cl)c(C(F)(F)F)c1. The van der Waals surface area contributed by atoms with Gasteiger partial charge in [0.2, 0.25) is 5.78 Å². The maximum atomic E-state index is 13.1. The van der Waals surface area contributed by atoms with Crippen LogP contribution in [0.4, 0.5) is 24.5 Å². The number of halogens is 6. The molecule has 0 radical (unpaired) electrons. The van der Waals surface area contributed by atoms with E-state index in [0.717, 1.165) is 42.6 Å². The van der Waals surface area contributed by atoms with Crippen molar-refractivity contribution in [2.45, 2.75) is 11.1 Å². The first-order valence-electron chi connectivity index (χ1n) is 8.74. The zero-order chi connectivity index (χ0) is 25.4. The van der Waals surface area contributed by atoms with Crippen molar-refractivity contribution in [3.8, 4) is 0 Å². The second kappa shape index (κ2) is 9.37. The molecule has 0 aliphatic carbocycles. The van der Waals surface area contributed by atoms with Crippen LogP contribution in [0.2, 0.25) is 15.1 Å². The van der Waals surface area contributed by atoms with Crippen molar-refractivity contribution in [2.24, 2.45) is 0 Å². The first-order valence-corrected chi connectivity index (χ1v) is 11.4. The number of anilines is 1. The number of pyridine rings is 1. The van der Waals surface area contributed by atoms with E-state index in [1.807, 2.05) is 4.72 Å². The second-order valence-electron chi connectivity index (χ2n) is 6.54. The minimum Gasteiger partial charge on any atom is -0.287 e. The first-order chi connectivity index (χ1) is 15.7. The van der Waals surface area contributed by atoms with Gasteiger partial charge in [0.25, 0.3) is 15.7 Å². The van der Waals surface area contributed by atoms with Crippen LogP contribution in [0.25, 0.3) is 0 Å². The van der Waals surface area contributed by atoms with Gasteiger partial charge in [-0.1, -0.05) is 34.8 Å². The van der Waals surface area contributed by atoms with E-state index in [9.17, 15) is 36.5 Å². The monoisotopic (exact) mass is 553 g/mol. The summed E-state index contributed by atoms with van der Waals surface area (Å²) in [4.78, 5) is 26.3. The molecule has 1 aromatic heterocycles. The van der Waals surface area contributed by atoms with Gasteiger partial charge in [0.1, 0.15) is 5.69 Å². The van der Waals surface area contributed by atoms with Gasteiger partial charge in [-0.25, -0.2) is 13.4 Å². The summed E-state index contributed by atoms with van der Waals surface area (Å²) >= 11 is 17.4. The summed E-state index contributed by atoms with van der Waals surface area (Å²) in [6.07, 6.45) is -3.93. The smallest absolute Gasteiger partial charge is 0.287 e. The Kier molecular flexibility index (Phi) is 7.08. The fourth-order valence-corrected chi connectivity index (χ4v) is 4.39. The molecule has 0 bridgehead atoms. The number of non-ortho nitro benzene ring substituents is 1. The Morgan fingerprint density at radius 3 is 2.29 bits per heavy atom. The Labute approximate surface area is 204 Å². The number of carbonyl (C=O) groups excluding carboxylic acids is 1. The summed E-state index contributed by atoms with van der Waals surface area (Å²) in [5.41, 5.74) is -3.27. The van der Waals surface area contributed by atoms with Crippen molar-refractivity contribution in [3.05, 3.63) is 90.7 Å². The molecule has 34 heavy (non-hydrogen) atoms. The third-order valence-corrected chi connectivity index (χ3v) is 6.50. The maximum Gasteiger partial charge on any atom is 0.417 e. The number of nitro benzene ring substituents is 1. The van der Waals surface area contributed by atoms with Crippen molar-refractivity contribution in [2.75, 3.05) is 4.72 Å². The molecule has 2 aromatic carbocycles. The molecule has 3 aromatic rings. The molecule has 0 saturated carbocycles. The van der Waals surface area contributed by atoms with Gasteiger partial charge in [-0.2, -0.15) is 13.2 Å². The summed E-state index contributed by atoms with van der Waals surface area (Å²) in [7, 11) is -4.70. The lowest BCUT2D eigenvalue weighted by molar-refractivity contribution is -0.384. The summed E-state index contributed by atoms with van der Waals surface area (Å²) in [5.74, 6) is -1.00. The second-order valence-corrected chi connectivity index (χ2v) is 9.48. The number of hydrogen-bond donors (Lipinski definition) is 1. The van der Waals surface area contributed by atoms with Crippen LogP contribution >= 0.6 is 34.8 Å². The third-order valence-electron chi connectivity index (χ3n) is 4.27. The number of ketones is 1. The Morgan fingerprint density at radius 2 is 1.68 bits per heavy atom. The minimum atomic E-state index is -4.93. The lowest BCUT2D eigenvalue weighted by Gasteiger charge is -2.14. The zero-order valence-electron chi connectivity index (χ0n) is 16.2. The summed E-state index contributed by atoms with van der Waals surface area (Å²) in [6, 6.07) is 5.91. The van der Waals surface area contributed by atoms with Crippen molar-refractivity contribution in [1.82, 2.24) is 4.98 Å². The number of nitrogens with one attached hydrogen (secondary N) is 1. The van der Waals surface area contributed by atoms with Gasteiger partial charge < -0.3 is 0 Å². The van der Waals surface area contributed by atoms with Gasteiger partial charge in [-0.05, 0) is 30.3 Å². The number of nitro groups is 1. The van der Waals surface area contributed by atoms with E-state index in [-0.39, 0.29) is 15.6 Å². The number of sulfonamides is 1. The van der Waals surface area contributed by atoms with E-state index < -0.39 is 59.5 Å². The molecule has 1 heterocycles. The molecule has 3 rings (SSSR count). The standard InChI is InChI=1S/C19H9Cl3F3N3O5S/c20-9-5-16(27-34(32,33)11-2-4-15(22)13(7-11)19(23,24)25)17(26-8-9)18(29)12-6-10(28(30)31)1-3-14(12)21/h1-8,27H. The quantitative estimate of drug-likeness (QED) is 0.227.